The van der Waals surface area contributed by atoms with E-state index in [2.05, 4.69) is 15.9 Å². The maximum absolute atomic E-state index is 9.10. The van der Waals surface area contributed by atoms with Crippen LogP contribution in [0.1, 0.15) is 19.4 Å². The van der Waals surface area contributed by atoms with E-state index < -0.39 is 0 Å². The molecule has 2 rings (SSSR count). The first-order valence-corrected chi connectivity index (χ1v) is 6.01. The maximum atomic E-state index is 9.10. The number of nitriles is 1. The van der Waals surface area contributed by atoms with E-state index in [1.165, 1.54) is 5.56 Å². The van der Waals surface area contributed by atoms with E-state index in [9.17, 15) is 0 Å². The number of piperazine rings is 1. The standard InChI is InChI=1S/C13H19N3O/c1-13(2,11-14)16-6-4-15(5-7-16)9-12-3-8-17-10-12/h3,8,10H,4-7,9H2,1-2H3. The minimum Gasteiger partial charge on any atom is -0.472 e. The van der Waals surface area contributed by atoms with E-state index in [1.54, 1.807) is 12.5 Å². The highest BCUT2D eigenvalue weighted by Gasteiger charge is 2.29. The Morgan fingerprint density at radius 2 is 2.06 bits per heavy atom. The Labute approximate surface area is 102 Å². The van der Waals surface area contributed by atoms with Crippen LogP contribution in [0.25, 0.3) is 0 Å². The first kappa shape index (κ1) is 12.2. The van der Waals surface area contributed by atoms with Crippen LogP contribution in [-0.2, 0) is 6.54 Å². The molecule has 1 aromatic rings. The molecule has 1 saturated heterocycles. The summed E-state index contributed by atoms with van der Waals surface area (Å²) < 4.78 is 5.07. The van der Waals surface area contributed by atoms with Crippen molar-refractivity contribution in [2.45, 2.75) is 25.9 Å². The van der Waals surface area contributed by atoms with Crippen LogP contribution in [0.3, 0.4) is 0 Å². The van der Waals surface area contributed by atoms with Gasteiger partial charge in [0.15, 0.2) is 0 Å². The molecule has 0 saturated carbocycles. The van der Waals surface area contributed by atoms with E-state index in [4.69, 9.17) is 9.68 Å². The third kappa shape index (κ3) is 2.87. The average Bonchev–Trinajstić information content (AvgIpc) is 2.83. The van der Waals surface area contributed by atoms with Crippen molar-refractivity contribution in [2.24, 2.45) is 0 Å². The lowest BCUT2D eigenvalue weighted by molar-refractivity contribution is 0.0763. The molecule has 0 aliphatic carbocycles. The van der Waals surface area contributed by atoms with Crippen LogP contribution in [0.15, 0.2) is 23.0 Å². The summed E-state index contributed by atoms with van der Waals surface area (Å²) in [7, 11) is 0. The third-order valence-corrected chi connectivity index (χ3v) is 3.42. The van der Waals surface area contributed by atoms with Gasteiger partial charge in [0.2, 0.25) is 0 Å². The van der Waals surface area contributed by atoms with E-state index in [0.29, 0.717) is 0 Å². The topological polar surface area (TPSA) is 43.4 Å². The molecule has 4 nitrogen and oxygen atoms in total. The number of furan rings is 1. The van der Waals surface area contributed by atoms with Gasteiger partial charge in [0.25, 0.3) is 0 Å². The number of hydrogen-bond acceptors (Lipinski definition) is 4. The Morgan fingerprint density at radius 1 is 1.35 bits per heavy atom. The Morgan fingerprint density at radius 3 is 2.59 bits per heavy atom. The lowest BCUT2D eigenvalue weighted by atomic mass is 10.0. The summed E-state index contributed by atoms with van der Waals surface area (Å²) in [5.41, 5.74) is 0.875. The lowest BCUT2D eigenvalue weighted by Gasteiger charge is -2.40. The molecule has 17 heavy (non-hydrogen) atoms. The van der Waals surface area contributed by atoms with Gasteiger partial charge in [-0.1, -0.05) is 0 Å². The Kier molecular flexibility index (Phi) is 3.51. The van der Waals surface area contributed by atoms with Crippen LogP contribution in [0, 0.1) is 11.3 Å². The van der Waals surface area contributed by atoms with Gasteiger partial charge < -0.3 is 4.42 Å². The Bertz CT molecular complexity index is 383. The number of hydrogen-bond donors (Lipinski definition) is 0. The van der Waals surface area contributed by atoms with Crippen LogP contribution < -0.4 is 0 Å². The van der Waals surface area contributed by atoms with Crippen molar-refractivity contribution >= 4 is 0 Å². The molecule has 0 amide bonds. The molecule has 0 atom stereocenters. The molecule has 1 aliphatic heterocycles. The Hall–Kier alpha value is -1.31. The van der Waals surface area contributed by atoms with Gasteiger partial charge >= 0.3 is 0 Å². The fraction of sp³-hybridized carbons (Fsp3) is 0.615. The zero-order chi connectivity index (χ0) is 12.3. The summed E-state index contributed by atoms with van der Waals surface area (Å²) in [5.74, 6) is 0. The van der Waals surface area contributed by atoms with Crippen LogP contribution in [0.2, 0.25) is 0 Å². The second-order valence-electron chi connectivity index (χ2n) is 5.07. The molecule has 0 spiro atoms. The van der Waals surface area contributed by atoms with Gasteiger partial charge in [-0.15, -0.1) is 0 Å². The lowest BCUT2D eigenvalue weighted by Crippen LogP contribution is -2.53. The predicted octanol–water partition coefficient (Wildman–Crippen LogP) is 1.70. The highest BCUT2D eigenvalue weighted by atomic mass is 16.3. The second-order valence-corrected chi connectivity index (χ2v) is 5.07. The van der Waals surface area contributed by atoms with Crippen LogP contribution >= 0.6 is 0 Å². The van der Waals surface area contributed by atoms with Gasteiger partial charge in [-0.05, 0) is 19.9 Å². The Balaban J connectivity index is 1.85. The van der Waals surface area contributed by atoms with E-state index >= 15 is 0 Å². The molecule has 0 aromatic carbocycles. The van der Waals surface area contributed by atoms with Crippen LogP contribution in [0.5, 0.6) is 0 Å². The molecule has 1 aromatic heterocycles. The summed E-state index contributed by atoms with van der Waals surface area (Å²) >= 11 is 0. The maximum Gasteiger partial charge on any atom is 0.103 e. The van der Waals surface area contributed by atoms with Gasteiger partial charge in [0, 0.05) is 38.3 Å². The van der Waals surface area contributed by atoms with Gasteiger partial charge in [-0.25, -0.2) is 0 Å². The quantitative estimate of drug-likeness (QED) is 0.797. The molecule has 0 bridgehead atoms. The summed E-state index contributed by atoms with van der Waals surface area (Å²) in [6, 6.07) is 4.37. The molecule has 4 heteroatoms. The zero-order valence-electron chi connectivity index (χ0n) is 10.5. The van der Waals surface area contributed by atoms with E-state index in [1.807, 2.05) is 19.9 Å². The summed E-state index contributed by atoms with van der Waals surface area (Å²) in [4.78, 5) is 4.65. The average molecular weight is 233 g/mol. The van der Waals surface area contributed by atoms with E-state index in [-0.39, 0.29) is 5.54 Å². The zero-order valence-corrected chi connectivity index (χ0v) is 10.5. The van der Waals surface area contributed by atoms with Crippen molar-refractivity contribution in [3.05, 3.63) is 24.2 Å². The first-order valence-electron chi connectivity index (χ1n) is 6.01. The van der Waals surface area contributed by atoms with Crippen LogP contribution in [-0.4, -0.2) is 41.5 Å². The smallest absolute Gasteiger partial charge is 0.103 e. The minimum absolute atomic E-state index is 0.346. The third-order valence-electron chi connectivity index (χ3n) is 3.42. The summed E-state index contributed by atoms with van der Waals surface area (Å²) in [6.07, 6.45) is 3.51. The predicted molar refractivity (Wildman–Crippen MR) is 65.3 cm³/mol. The fourth-order valence-corrected chi connectivity index (χ4v) is 2.18. The van der Waals surface area contributed by atoms with Crippen molar-refractivity contribution in [3.63, 3.8) is 0 Å². The van der Waals surface area contributed by atoms with Gasteiger partial charge in [-0.2, -0.15) is 5.26 Å². The molecule has 2 heterocycles. The molecular formula is C13H19N3O. The van der Waals surface area contributed by atoms with Crippen molar-refractivity contribution in [2.75, 3.05) is 26.2 Å². The summed E-state index contributed by atoms with van der Waals surface area (Å²) in [5, 5.41) is 9.10. The largest absolute Gasteiger partial charge is 0.472 e. The molecule has 1 fully saturated rings. The van der Waals surface area contributed by atoms with Gasteiger partial charge in [0.1, 0.15) is 5.54 Å². The fourth-order valence-electron chi connectivity index (χ4n) is 2.18. The minimum atomic E-state index is -0.346. The van der Waals surface area contributed by atoms with Crippen molar-refractivity contribution in [3.8, 4) is 6.07 Å². The monoisotopic (exact) mass is 233 g/mol. The number of rotatable bonds is 3. The normalized spacial score (nSPS) is 19.1. The molecule has 0 radical (unpaired) electrons. The highest BCUT2D eigenvalue weighted by Crippen LogP contribution is 2.17. The van der Waals surface area contributed by atoms with Gasteiger partial charge in [0.05, 0.1) is 18.6 Å². The van der Waals surface area contributed by atoms with Crippen molar-refractivity contribution < 1.29 is 4.42 Å². The molecule has 0 N–H and O–H groups in total. The van der Waals surface area contributed by atoms with Gasteiger partial charge in [-0.3, -0.25) is 9.80 Å². The van der Waals surface area contributed by atoms with Crippen molar-refractivity contribution in [1.82, 2.24) is 9.80 Å². The highest BCUT2D eigenvalue weighted by molar-refractivity contribution is 5.06. The number of nitrogens with zero attached hydrogens (tertiary/aromatic N) is 3. The molecule has 92 valence electrons. The van der Waals surface area contributed by atoms with E-state index in [0.717, 1.165) is 32.7 Å². The molecular weight excluding hydrogens is 214 g/mol. The molecule has 0 unspecified atom stereocenters. The first-order chi connectivity index (χ1) is 8.12. The second kappa shape index (κ2) is 4.91. The van der Waals surface area contributed by atoms with Crippen molar-refractivity contribution in [1.29, 1.82) is 5.26 Å². The summed E-state index contributed by atoms with van der Waals surface area (Å²) in [6.45, 7) is 8.85. The SMILES string of the molecule is CC(C)(C#N)N1CCN(Cc2ccoc2)CC1. The van der Waals surface area contributed by atoms with Crippen LogP contribution in [0.4, 0.5) is 0 Å². The molecule has 1 aliphatic rings.